The molecular formula is C12H23N5. The standard InChI is InChI=1S/C12H23N5/c1-11(2,3)17-10-6-9(15-8-16-10)14-7-12(4,5)13/h6,8H,7,13H2,1-5H3,(H2,14,15,16,17). The molecule has 0 fully saturated rings. The van der Waals surface area contributed by atoms with Crippen LogP contribution in [0, 0.1) is 0 Å². The van der Waals surface area contributed by atoms with E-state index in [9.17, 15) is 0 Å². The minimum absolute atomic E-state index is 0.0151. The molecule has 0 aliphatic heterocycles. The summed E-state index contributed by atoms with van der Waals surface area (Å²) in [5.74, 6) is 1.59. The van der Waals surface area contributed by atoms with Gasteiger partial charge in [0.25, 0.3) is 0 Å². The molecule has 4 N–H and O–H groups in total. The van der Waals surface area contributed by atoms with Gasteiger partial charge in [-0.1, -0.05) is 0 Å². The van der Waals surface area contributed by atoms with Crippen molar-refractivity contribution in [3.05, 3.63) is 12.4 Å². The quantitative estimate of drug-likeness (QED) is 0.745. The highest BCUT2D eigenvalue weighted by Gasteiger charge is 2.12. The van der Waals surface area contributed by atoms with Gasteiger partial charge in [-0.2, -0.15) is 0 Å². The van der Waals surface area contributed by atoms with Gasteiger partial charge in [-0.3, -0.25) is 0 Å². The van der Waals surface area contributed by atoms with Crippen LogP contribution >= 0.6 is 0 Å². The van der Waals surface area contributed by atoms with Crippen molar-refractivity contribution >= 4 is 11.6 Å². The normalized spacial score (nSPS) is 12.4. The number of aromatic nitrogens is 2. The third-order valence-electron chi connectivity index (χ3n) is 1.90. The van der Waals surface area contributed by atoms with E-state index < -0.39 is 0 Å². The number of hydrogen-bond donors (Lipinski definition) is 3. The van der Waals surface area contributed by atoms with Gasteiger partial charge in [0.2, 0.25) is 0 Å². The largest absolute Gasteiger partial charge is 0.368 e. The summed E-state index contributed by atoms with van der Waals surface area (Å²) in [5, 5.41) is 6.49. The minimum atomic E-state index is -0.261. The zero-order valence-corrected chi connectivity index (χ0v) is 11.3. The molecule has 1 aromatic rings. The van der Waals surface area contributed by atoms with Gasteiger partial charge in [-0.15, -0.1) is 0 Å². The van der Waals surface area contributed by atoms with Gasteiger partial charge in [0.15, 0.2) is 0 Å². The summed E-state index contributed by atoms with van der Waals surface area (Å²) in [5.41, 5.74) is 5.63. The topological polar surface area (TPSA) is 75.9 Å². The van der Waals surface area contributed by atoms with E-state index >= 15 is 0 Å². The zero-order chi connectivity index (χ0) is 13.1. The molecule has 1 heterocycles. The number of nitrogens with two attached hydrogens (primary N) is 1. The summed E-state index contributed by atoms with van der Waals surface area (Å²) < 4.78 is 0. The first-order valence-corrected chi connectivity index (χ1v) is 5.79. The van der Waals surface area contributed by atoms with Gasteiger partial charge in [-0.25, -0.2) is 9.97 Å². The zero-order valence-electron chi connectivity index (χ0n) is 11.3. The lowest BCUT2D eigenvalue weighted by Gasteiger charge is -2.22. The maximum Gasteiger partial charge on any atom is 0.131 e. The average molecular weight is 237 g/mol. The SMILES string of the molecule is CC(C)(N)CNc1cc(NC(C)(C)C)ncn1. The van der Waals surface area contributed by atoms with Crippen molar-refractivity contribution in [2.75, 3.05) is 17.2 Å². The molecule has 1 rings (SSSR count). The van der Waals surface area contributed by atoms with Gasteiger partial charge >= 0.3 is 0 Å². The van der Waals surface area contributed by atoms with E-state index in [0.717, 1.165) is 11.6 Å². The molecule has 5 heteroatoms. The Hall–Kier alpha value is -1.36. The third-order valence-corrected chi connectivity index (χ3v) is 1.90. The van der Waals surface area contributed by atoms with Crippen LogP contribution in [-0.2, 0) is 0 Å². The molecular weight excluding hydrogens is 214 g/mol. The van der Waals surface area contributed by atoms with Crippen LogP contribution in [0.4, 0.5) is 11.6 Å². The number of rotatable bonds is 4. The maximum atomic E-state index is 5.90. The highest BCUT2D eigenvalue weighted by atomic mass is 15.1. The van der Waals surface area contributed by atoms with Crippen molar-refractivity contribution in [2.24, 2.45) is 5.73 Å². The van der Waals surface area contributed by atoms with E-state index in [1.54, 1.807) is 6.33 Å². The van der Waals surface area contributed by atoms with Gasteiger partial charge in [0.05, 0.1) is 0 Å². The molecule has 0 aliphatic carbocycles. The summed E-state index contributed by atoms with van der Waals surface area (Å²) in [7, 11) is 0. The lowest BCUT2D eigenvalue weighted by atomic mass is 10.1. The Labute approximate surface area is 103 Å². The van der Waals surface area contributed by atoms with E-state index in [1.165, 1.54) is 0 Å². The molecule has 0 radical (unpaired) electrons. The molecule has 0 unspecified atom stereocenters. The highest BCUT2D eigenvalue weighted by Crippen LogP contribution is 2.14. The fourth-order valence-corrected chi connectivity index (χ4v) is 1.22. The van der Waals surface area contributed by atoms with Crippen LogP contribution in [0.5, 0.6) is 0 Å². The number of hydrogen-bond acceptors (Lipinski definition) is 5. The summed E-state index contributed by atoms with van der Waals surface area (Å²) in [6, 6.07) is 1.89. The number of anilines is 2. The van der Waals surface area contributed by atoms with Crippen LogP contribution in [-0.4, -0.2) is 27.6 Å². The van der Waals surface area contributed by atoms with Crippen molar-refractivity contribution < 1.29 is 0 Å². The van der Waals surface area contributed by atoms with Gasteiger partial charge in [-0.05, 0) is 34.6 Å². The van der Waals surface area contributed by atoms with Crippen LogP contribution in [0.2, 0.25) is 0 Å². The summed E-state index contributed by atoms with van der Waals surface area (Å²) in [6.45, 7) is 10.9. The molecule has 0 atom stereocenters. The Morgan fingerprint density at radius 2 is 1.71 bits per heavy atom. The Morgan fingerprint density at radius 3 is 2.24 bits per heavy atom. The Kier molecular flexibility index (Phi) is 3.93. The first kappa shape index (κ1) is 13.7. The lowest BCUT2D eigenvalue weighted by Crippen LogP contribution is -2.39. The van der Waals surface area contributed by atoms with Gasteiger partial charge in [0, 0.05) is 23.7 Å². The van der Waals surface area contributed by atoms with E-state index in [1.807, 2.05) is 19.9 Å². The molecule has 0 spiro atoms. The molecule has 0 aromatic carbocycles. The van der Waals surface area contributed by atoms with Crippen molar-refractivity contribution in [2.45, 2.75) is 45.7 Å². The van der Waals surface area contributed by atoms with E-state index in [2.05, 4.69) is 41.4 Å². The van der Waals surface area contributed by atoms with Crippen LogP contribution in [0.15, 0.2) is 12.4 Å². The monoisotopic (exact) mass is 237 g/mol. The lowest BCUT2D eigenvalue weighted by molar-refractivity contribution is 0.548. The van der Waals surface area contributed by atoms with Gasteiger partial charge < -0.3 is 16.4 Å². The molecule has 0 saturated carbocycles. The van der Waals surface area contributed by atoms with Crippen LogP contribution < -0.4 is 16.4 Å². The maximum absolute atomic E-state index is 5.90. The Morgan fingerprint density at radius 1 is 1.12 bits per heavy atom. The smallest absolute Gasteiger partial charge is 0.131 e. The molecule has 17 heavy (non-hydrogen) atoms. The van der Waals surface area contributed by atoms with Crippen molar-refractivity contribution in [1.82, 2.24) is 9.97 Å². The second-order valence-corrected chi connectivity index (χ2v) is 6.01. The average Bonchev–Trinajstić information content (AvgIpc) is 2.11. The Bertz CT molecular complexity index is 362. The molecule has 1 aromatic heterocycles. The predicted octanol–water partition coefficient (Wildman–Crippen LogP) is 1.84. The second kappa shape index (κ2) is 4.87. The summed E-state index contributed by atoms with van der Waals surface area (Å²) in [4.78, 5) is 8.33. The minimum Gasteiger partial charge on any atom is -0.368 e. The fraction of sp³-hybridized carbons (Fsp3) is 0.667. The van der Waals surface area contributed by atoms with Crippen molar-refractivity contribution in [1.29, 1.82) is 0 Å². The van der Waals surface area contributed by atoms with Crippen molar-refractivity contribution in [3.63, 3.8) is 0 Å². The number of nitrogens with zero attached hydrogens (tertiary/aromatic N) is 2. The van der Waals surface area contributed by atoms with E-state index in [4.69, 9.17) is 5.73 Å². The first-order chi connectivity index (χ1) is 7.66. The van der Waals surface area contributed by atoms with Crippen molar-refractivity contribution in [3.8, 4) is 0 Å². The van der Waals surface area contributed by atoms with E-state index in [-0.39, 0.29) is 11.1 Å². The molecule has 0 saturated heterocycles. The molecule has 5 nitrogen and oxygen atoms in total. The molecule has 0 bridgehead atoms. The van der Waals surface area contributed by atoms with Crippen LogP contribution in [0.1, 0.15) is 34.6 Å². The fourth-order valence-electron chi connectivity index (χ4n) is 1.22. The Balaban J connectivity index is 2.66. The van der Waals surface area contributed by atoms with E-state index in [0.29, 0.717) is 6.54 Å². The molecule has 96 valence electrons. The summed E-state index contributed by atoms with van der Waals surface area (Å²) >= 11 is 0. The summed E-state index contributed by atoms with van der Waals surface area (Å²) in [6.07, 6.45) is 1.54. The van der Waals surface area contributed by atoms with Gasteiger partial charge in [0.1, 0.15) is 18.0 Å². The molecule has 0 aliphatic rings. The number of nitrogens with one attached hydrogen (secondary N) is 2. The predicted molar refractivity (Wildman–Crippen MR) is 72.2 cm³/mol. The highest BCUT2D eigenvalue weighted by molar-refractivity contribution is 5.47. The third kappa shape index (κ3) is 6.06. The first-order valence-electron chi connectivity index (χ1n) is 5.79. The van der Waals surface area contributed by atoms with Crippen LogP contribution in [0.25, 0.3) is 0 Å². The van der Waals surface area contributed by atoms with Crippen LogP contribution in [0.3, 0.4) is 0 Å². The second-order valence-electron chi connectivity index (χ2n) is 6.01. The molecule has 0 amide bonds.